The van der Waals surface area contributed by atoms with E-state index in [1.807, 2.05) is 4.90 Å². The average molecular weight is 250 g/mol. The van der Waals surface area contributed by atoms with Crippen molar-refractivity contribution in [2.75, 3.05) is 31.1 Å². The van der Waals surface area contributed by atoms with Crippen LogP contribution in [0.15, 0.2) is 18.2 Å². The van der Waals surface area contributed by atoms with Crippen molar-refractivity contribution in [3.63, 3.8) is 0 Å². The zero-order valence-electron chi connectivity index (χ0n) is 10.9. The molecule has 0 unspecified atom stereocenters. The highest BCUT2D eigenvalue weighted by molar-refractivity contribution is 5.76. The van der Waals surface area contributed by atoms with Gasteiger partial charge in [-0.25, -0.2) is 4.39 Å². The number of aldehydes is 1. The monoisotopic (exact) mass is 250 g/mol. The molecule has 1 heterocycles. The predicted octanol–water partition coefficient (Wildman–Crippen LogP) is 2.17. The van der Waals surface area contributed by atoms with Gasteiger partial charge in [-0.3, -0.25) is 9.69 Å². The number of halogens is 1. The lowest BCUT2D eigenvalue weighted by Gasteiger charge is -2.38. The molecule has 0 radical (unpaired) electrons. The van der Waals surface area contributed by atoms with Crippen LogP contribution < -0.4 is 4.90 Å². The van der Waals surface area contributed by atoms with E-state index in [4.69, 9.17) is 0 Å². The van der Waals surface area contributed by atoms with Gasteiger partial charge in [0.2, 0.25) is 0 Å². The minimum Gasteiger partial charge on any atom is -0.367 e. The van der Waals surface area contributed by atoms with Gasteiger partial charge in [0.1, 0.15) is 12.1 Å². The Bertz CT molecular complexity index is 426. The van der Waals surface area contributed by atoms with Gasteiger partial charge in [0.05, 0.1) is 5.69 Å². The summed E-state index contributed by atoms with van der Waals surface area (Å²) in [7, 11) is 0. The van der Waals surface area contributed by atoms with E-state index < -0.39 is 0 Å². The molecule has 0 N–H and O–H groups in total. The molecule has 3 nitrogen and oxygen atoms in total. The van der Waals surface area contributed by atoms with Crippen molar-refractivity contribution >= 4 is 12.0 Å². The maximum atomic E-state index is 13.9. The number of hydrogen-bond acceptors (Lipinski definition) is 3. The third-order valence-corrected chi connectivity index (χ3v) is 3.49. The maximum Gasteiger partial charge on any atom is 0.150 e. The molecular weight excluding hydrogens is 231 g/mol. The first-order chi connectivity index (χ1) is 8.61. The lowest BCUT2D eigenvalue weighted by atomic mass is 10.1. The zero-order chi connectivity index (χ0) is 13.1. The lowest BCUT2D eigenvalue weighted by molar-refractivity contribution is 0.112. The Balaban J connectivity index is 2.07. The molecule has 1 saturated heterocycles. The largest absolute Gasteiger partial charge is 0.367 e. The van der Waals surface area contributed by atoms with Crippen LogP contribution in [0.25, 0.3) is 0 Å². The molecule has 1 fully saturated rings. The third kappa shape index (κ3) is 2.70. The van der Waals surface area contributed by atoms with Gasteiger partial charge in [0.25, 0.3) is 0 Å². The molecule has 4 heteroatoms. The number of hydrogen-bond donors (Lipinski definition) is 0. The fourth-order valence-corrected chi connectivity index (χ4v) is 2.33. The van der Waals surface area contributed by atoms with E-state index >= 15 is 0 Å². The second-order valence-corrected chi connectivity index (χ2v) is 4.95. The summed E-state index contributed by atoms with van der Waals surface area (Å²) in [5.41, 5.74) is 0.987. The number of piperazine rings is 1. The summed E-state index contributed by atoms with van der Waals surface area (Å²) in [5.74, 6) is -0.308. The summed E-state index contributed by atoms with van der Waals surface area (Å²) in [6.07, 6.45) is 0.670. The van der Waals surface area contributed by atoms with Gasteiger partial charge in [-0.05, 0) is 32.0 Å². The molecule has 1 aliphatic heterocycles. The second-order valence-electron chi connectivity index (χ2n) is 4.95. The van der Waals surface area contributed by atoms with Crippen LogP contribution in [-0.4, -0.2) is 43.4 Å². The minimum atomic E-state index is -0.308. The molecule has 98 valence electrons. The second kappa shape index (κ2) is 5.48. The van der Waals surface area contributed by atoms with Crippen LogP contribution in [0.1, 0.15) is 24.2 Å². The van der Waals surface area contributed by atoms with Gasteiger partial charge < -0.3 is 4.90 Å². The van der Waals surface area contributed by atoms with Gasteiger partial charge in [-0.15, -0.1) is 0 Å². The van der Waals surface area contributed by atoms with Crippen LogP contribution in [-0.2, 0) is 0 Å². The zero-order valence-corrected chi connectivity index (χ0v) is 10.9. The Hall–Kier alpha value is -1.42. The molecule has 2 rings (SSSR count). The summed E-state index contributed by atoms with van der Waals surface area (Å²) >= 11 is 0. The van der Waals surface area contributed by atoms with Crippen LogP contribution in [0.4, 0.5) is 10.1 Å². The van der Waals surface area contributed by atoms with E-state index in [0.717, 1.165) is 26.2 Å². The standard InChI is InChI=1S/C14H19FN2O/c1-11(2)16-5-7-17(8-6-16)14-4-3-12(10-18)9-13(14)15/h3-4,9-11H,5-8H2,1-2H3. The normalized spacial score (nSPS) is 17.2. The summed E-state index contributed by atoms with van der Waals surface area (Å²) in [4.78, 5) is 15.0. The summed E-state index contributed by atoms with van der Waals surface area (Å²) in [5, 5.41) is 0. The van der Waals surface area contributed by atoms with Crippen LogP contribution in [0, 0.1) is 5.82 Å². The Labute approximate surface area is 107 Å². The first-order valence-corrected chi connectivity index (χ1v) is 6.35. The number of nitrogens with zero attached hydrogens (tertiary/aromatic N) is 2. The maximum absolute atomic E-state index is 13.9. The van der Waals surface area contributed by atoms with Gasteiger partial charge in [0, 0.05) is 37.8 Å². The van der Waals surface area contributed by atoms with Crippen molar-refractivity contribution in [3.8, 4) is 0 Å². The molecule has 0 amide bonds. The van der Waals surface area contributed by atoms with Crippen molar-refractivity contribution in [2.24, 2.45) is 0 Å². The minimum absolute atomic E-state index is 0.308. The van der Waals surface area contributed by atoms with Gasteiger partial charge in [-0.1, -0.05) is 0 Å². The van der Waals surface area contributed by atoms with Crippen molar-refractivity contribution < 1.29 is 9.18 Å². The summed E-state index contributed by atoms with van der Waals surface area (Å²) < 4.78 is 13.9. The first-order valence-electron chi connectivity index (χ1n) is 6.35. The Kier molecular flexibility index (Phi) is 3.97. The van der Waals surface area contributed by atoms with E-state index in [0.29, 0.717) is 23.6 Å². The first kappa shape index (κ1) is 13.0. The molecule has 1 aliphatic rings. The number of benzene rings is 1. The number of rotatable bonds is 3. The predicted molar refractivity (Wildman–Crippen MR) is 70.7 cm³/mol. The molecule has 0 bridgehead atoms. The SMILES string of the molecule is CC(C)N1CCN(c2ccc(C=O)cc2F)CC1. The van der Waals surface area contributed by atoms with Crippen LogP contribution in [0.5, 0.6) is 0 Å². The smallest absolute Gasteiger partial charge is 0.150 e. The van der Waals surface area contributed by atoms with Crippen LogP contribution >= 0.6 is 0 Å². The van der Waals surface area contributed by atoms with E-state index in [2.05, 4.69) is 18.7 Å². The van der Waals surface area contributed by atoms with Crippen molar-refractivity contribution in [1.82, 2.24) is 4.90 Å². The van der Waals surface area contributed by atoms with E-state index in [1.54, 1.807) is 12.1 Å². The highest BCUT2D eigenvalue weighted by Gasteiger charge is 2.20. The van der Waals surface area contributed by atoms with E-state index in [9.17, 15) is 9.18 Å². The molecule has 0 saturated carbocycles. The number of carbonyl (C=O) groups excluding carboxylic acids is 1. The molecule has 1 aromatic carbocycles. The molecule has 0 spiro atoms. The quantitative estimate of drug-likeness (QED) is 0.768. The Morgan fingerprint density at radius 1 is 1.22 bits per heavy atom. The lowest BCUT2D eigenvalue weighted by Crippen LogP contribution is -2.49. The Morgan fingerprint density at radius 3 is 2.39 bits per heavy atom. The van der Waals surface area contributed by atoms with Crippen molar-refractivity contribution in [3.05, 3.63) is 29.6 Å². The fraction of sp³-hybridized carbons (Fsp3) is 0.500. The van der Waals surface area contributed by atoms with Crippen LogP contribution in [0.3, 0.4) is 0 Å². The third-order valence-electron chi connectivity index (χ3n) is 3.49. The summed E-state index contributed by atoms with van der Waals surface area (Å²) in [6, 6.07) is 5.20. The van der Waals surface area contributed by atoms with E-state index in [-0.39, 0.29) is 5.82 Å². The van der Waals surface area contributed by atoms with E-state index in [1.165, 1.54) is 6.07 Å². The topological polar surface area (TPSA) is 23.6 Å². The van der Waals surface area contributed by atoms with Crippen molar-refractivity contribution in [2.45, 2.75) is 19.9 Å². The fourth-order valence-electron chi connectivity index (χ4n) is 2.33. The highest BCUT2D eigenvalue weighted by atomic mass is 19.1. The molecule has 0 atom stereocenters. The van der Waals surface area contributed by atoms with Crippen LogP contribution in [0.2, 0.25) is 0 Å². The van der Waals surface area contributed by atoms with Crippen molar-refractivity contribution in [1.29, 1.82) is 0 Å². The van der Waals surface area contributed by atoms with Gasteiger partial charge in [0.15, 0.2) is 0 Å². The molecule has 0 aliphatic carbocycles. The summed E-state index contributed by atoms with van der Waals surface area (Å²) in [6.45, 7) is 7.91. The molecule has 1 aromatic rings. The molecule has 18 heavy (non-hydrogen) atoms. The number of carbonyl (C=O) groups is 1. The van der Waals surface area contributed by atoms with Gasteiger partial charge >= 0.3 is 0 Å². The Morgan fingerprint density at radius 2 is 1.89 bits per heavy atom. The number of anilines is 1. The highest BCUT2D eigenvalue weighted by Crippen LogP contribution is 2.21. The molecule has 0 aromatic heterocycles. The van der Waals surface area contributed by atoms with Gasteiger partial charge in [-0.2, -0.15) is 0 Å². The average Bonchev–Trinajstić information content (AvgIpc) is 2.38. The molecular formula is C14H19FN2O.